The molecule has 0 atom stereocenters. The van der Waals surface area contributed by atoms with E-state index in [4.69, 9.17) is 0 Å². The van der Waals surface area contributed by atoms with Crippen molar-refractivity contribution in [2.75, 3.05) is 18.9 Å². The molecule has 3 rings (SSSR count). The summed E-state index contributed by atoms with van der Waals surface area (Å²) >= 11 is 5.11. The van der Waals surface area contributed by atoms with Gasteiger partial charge in [-0.05, 0) is 60.1 Å². The number of hydrogen-bond donors (Lipinski definition) is 2. The van der Waals surface area contributed by atoms with Gasteiger partial charge in [-0.1, -0.05) is 25.0 Å². The van der Waals surface area contributed by atoms with Gasteiger partial charge in [0.15, 0.2) is 0 Å². The van der Waals surface area contributed by atoms with E-state index >= 15 is 0 Å². The number of likely N-dealkylation sites (N-methyl/N-ethyl adjacent to an activating group) is 1. The van der Waals surface area contributed by atoms with Crippen LogP contribution < -0.4 is 10.6 Å². The van der Waals surface area contributed by atoms with E-state index in [1.54, 1.807) is 23.5 Å². The average molecular weight is 450 g/mol. The lowest BCUT2D eigenvalue weighted by Crippen LogP contribution is -2.34. The molecular formula is C20H24BrN3O2S. The van der Waals surface area contributed by atoms with Gasteiger partial charge in [0.1, 0.15) is 0 Å². The fourth-order valence-corrected chi connectivity index (χ4v) is 4.88. The van der Waals surface area contributed by atoms with Crippen molar-refractivity contribution in [3.05, 3.63) is 50.6 Å². The molecule has 7 heteroatoms. The molecule has 144 valence electrons. The van der Waals surface area contributed by atoms with Crippen LogP contribution in [-0.4, -0.2) is 36.3 Å². The number of anilines is 1. The van der Waals surface area contributed by atoms with Crippen molar-refractivity contribution in [2.45, 2.75) is 38.3 Å². The molecule has 2 amide bonds. The first-order valence-corrected chi connectivity index (χ1v) is 10.7. The second kappa shape index (κ2) is 9.48. The monoisotopic (exact) mass is 449 g/mol. The number of thiophene rings is 1. The number of para-hydroxylation sites is 1. The Morgan fingerprint density at radius 1 is 1.19 bits per heavy atom. The van der Waals surface area contributed by atoms with E-state index in [0.29, 0.717) is 17.8 Å². The first kappa shape index (κ1) is 20.0. The molecule has 1 aromatic carbocycles. The number of carbonyl (C=O) groups excluding carboxylic acids is 2. The zero-order valence-electron chi connectivity index (χ0n) is 15.3. The lowest BCUT2D eigenvalue weighted by molar-refractivity contribution is -0.117. The summed E-state index contributed by atoms with van der Waals surface area (Å²) in [5.41, 5.74) is 1.08. The molecule has 2 N–H and O–H groups in total. The van der Waals surface area contributed by atoms with E-state index in [1.807, 2.05) is 36.2 Å². The van der Waals surface area contributed by atoms with Crippen molar-refractivity contribution >= 4 is 44.8 Å². The van der Waals surface area contributed by atoms with Crippen LogP contribution in [0.3, 0.4) is 0 Å². The third kappa shape index (κ3) is 5.89. The highest BCUT2D eigenvalue weighted by molar-refractivity contribution is 9.11. The second-order valence-corrected chi connectivity index (χ2v) is 9.47. The number of hydrogen-bond acceptors (Lipinski definition) is 4. The van der Waals surface area contributed by atoms with E-state index in [2.05, 4.69) is 26.6 Å². The number of nitrogens with zero attached hydrogens (tertiary/aromatic N) is 1. The minimum absolute atomic E-state index is 0.116. The molecule has 1 saturated carbocycles. The van der Waals surface area contributed by atoms with Crippen molar-refractivity contribution < 1.29 is 9.59 Å². The number of nitrogens with one attached hydrogen (secondary N) is 2. The maximum absolute atomic E-state index is 12.6. The molecule has 0 spiro atoms. The number of amides is 2. The summed E-state index contributed by atoms with van der Waals surface area (Å²) in [6.45, 7) is 0.960. The van der Waals surface area contributed by atoms with E-state index in [0.717, 1.165) is 29.5 Å². The Morgan fingerprint density at radius 3 is 2.63 bits per heavy atom. The third-order valence-corrected chi connectivity index (χ3v) is 6.21. The summed E-state index contributed by atoms with van der Waals surface area (Å²) in [7, 11) is 1.91. The molecule has 0 aliphatic heterocycles. The first-order valence-electron chi connectivity index (χ1n) is 9.14. The van der Waals surface area contributed by atoms with Gasteiger partial charge in [0.25, 0.3) is 5.91 Å². The lowest BCUT2D eigenvalue weighted by Gasteiger charge is -2.17. The van der Waals surface area contributed by atoms with Crippen LogP contribution in [0.2, 0.25) is 0 Å². The first-order chi connectivity index (χ1) is 13.0. The van der Waals surface area contributed by atoms with Crippen LogP contribution in [0.15, 0.2) is 40.2 Å². The van der Waals surface area contributed by atoms with Crippen LogP contribution >= 0.6 is 27.3 Å². The molecule has 0 bridgehead atoms. The summed E-state index contributed by atoms with van der Waals surface area (Å²) in [5, 5.41) is 5.97. The molecule has 1 aliphatic carbocycles. The van der Waals surface area contributed by atoms with Crippen molar-refractivity contribution in [3.8, 4) is 0 Å². The molecule has 2 aromatic rings. The SMILES string of the molecule is CN(CC(=O)Nc1ccccc1C(=O)NC1CCCC1)Cc1ccc(Br)s1. The van der Waals surface area contributed by atoms with Gasteiger partial charge in [0.05, 0.1) is 21.6 Å². The molecule has 5 nitrogen and oxygen atoms in total. The Balaban J connectivity index is 1.57. The van der Waals surface area contributed by atoms with E-state index in [1.165, 1.54) is 4.88 Å². The van der Waals surface area contributed by atoms with Crippen LogP contribution in [0.25, 0.3) is 0 Å². The standard InChI is InChI=1S/C20H24BrN3O2S/c1-24(12-15-10-11-18(21)27-15)13-19(25)23-17-9-5-4-8-16(17)20(26)22-14-6-2-3-7-14/h4-5,8-11,14H,2-3,6-7,12-13H2,1H3,(H,22,26)(H,23,25). The van der Waals surface area contributed by atoms with Gasteiger partial charge in [-0.25, -0.2) is 0 Å². The van der Waals surface area contributed by atoms with Gasteiger partial charge in [-0.2, -0.15) is 0 Å². The molecular weight excluding hydrogens is 426 g/mol. The Morgan fingerprint density at radius 2 is 1.93 bits per heavy atom. The van der Waals surface area contributed by atoms with Gasteiger partial charge >= 0.3 is 0 Å². The summed E-state index contributed by atoms with van der Waals surface area (Å²) in [6.07, 6.45) is 4.39. The quantitative estimate of drug-likeness (QED) is 0.663. The van der Waals surface area contributed by atoms with Crippen LogP contribution in [-0.2, 0) is 11.3 Å². The highest BCUT2D eigenvalue weighted by Crippen LogP contribution is 2.23. The normalized spacial score (nSPS) is 14.5. The van der Waals surface area contributed by atoms with Crippen LogP contribution in [0.1, 0.15) is 40.9 Å². The van der Waals surface area contributed by atoms with Gasteiger partial charge in [-0.3, -0.25) is 14.5 Å². The highest BCUT2D eigenvalue weighted by atomic mass is 79.9. The number of halogens is 1. The Kier molecular flexibility index (Phi) is 7.04. The Labute approximate surface area is 172 Å². The summed E-state index contributed by atoms with van der Waals surface area (Å²) in [5.74, 6) is -0.246. The summed E-state index contributed by atoms with van der Waals surface area (Å²) in [6, 6.07) is 11.5. The van der Waals surface area contributed by atoms with Crippen molar-refractivity contribution in [2.24, 2.45) is 0 Å². The highest BCUT2D eigenvalue weighted by Gasteiger charge is 2.20. The molecule has 27 heavy (non-hydrogen) atoms. The van der Waals surface area contributed by atoms with Crippen LogP contribution in [0.4, 0.5) is 5.69 Å². The van der Waals surface area contributed by atoms with Gasteiger partial charge in [-0.15, -0.1) is 11.3 Å². The molecule has 0 radical (unpaired) electrons. The predicted octanol–water partition coefficient (Wildman–Crippen LogP) is 4.25. The molecule has 0 unspecified atom stereocenters. The van der Waals surface area contributed by atoms with Gasteiger partial charge in [0.2, 0.25) is 5.91 Å². The molecule has 1 heterocycles. The molecule has 1 aliphatic rings. The molecule has 1 fully saturated rings. The van der Waals surface area contributed by atoms with E-state index < -0.39 is 0 Å². The summed E-state index contributed by atoms with van der Waals surface area (Å²) in [4.78, 5) is 28.2. The van der Waals surface area contributed by atoms with Gasteiger partial charge < -0.3 is 10.6 Å². The topological polar surface area (TPSA) is 61.4 Å². The number of benzene rings is 1. The Bertz CT molecular complexity index is 802. The maximum atomic E-state index is 12.6. The van der Waals surface area contributed by atoms with Crippen molar-refractivity contribution in [3.63, 3.8) is 0 Å². The maximum Gasteiger partial charge on any atom is 0.253 e. The molecule has 0 saturated heterocycles. The van der Waals surface area contributed by atoms with Gasteiger partial charge in [0, 0.05) is 17.5 Å². The minimum Gasteiger partial charge on any atom is -0.349 e. The van der Waals surface area contributed by atoms with Crippen molar-refractivity contribution in [1.82, 2.24) is 10.2 Å². The van der Waals surface area contributed by atoms with E-state index in [-0.39, 0.29) is 24.4 Å². The smallest absolute Gasteiger partial charge is 0.253 e. The second-order valence-electron chi connectivity index (χ2n) is 6.93. The summed E-state index contributed by atoms with van der Waals surface area (Å²) < 4.78 is 1.08. The fraction of sp³-hybridized carbons (Fsp3) is 0.400. The predicted molar refractivity (Wildman–Crippen MR) is 113 cm³/mol. The molecule has 1 aromatic heterocycles. The van der Waals surface area contributed by atoms with Crippen LogP contribution in [0, 0.1) is 0 Å². The number of carbonyl (C=O) groups is 2. The largest absolute Gasteiger partial charge is 0.349 e. The zero-order valence-corrected chi connectivity index (χ0v) is 17.7. The Hall–Kier alpha value is -1.70. The third-order valence-electron chi connectivity index (χ3n) is 4.60. The minimum atomic E-state index is -0.130. The lowest BCUT2D eigenvalue weighted by atomic mass is 10.1. The van der Waals surface area contributed by atoms with Crippen molar-refractivity contribution in [1.29, 1.82) is 0 Å². The number of rotatable bonds is 7. The van der Waals surface area contributed by atoms with Crippen LogP contribution in [0.5, 0.6) is 0 Å². The average Bonchev–Trinajstić information content (AvgIpc) is 3.26. The zero-order chi connectivity index (χ0) is 19.2. The fourth-order valence-electron chi connectivity index (χ4n) is 3.32. The van der Waals surface area contributed by atoms with E-state index in [9.17, 15) is 9.59 Å².